The minimum absolute atomic E-state index is 0.391. The van der Waals surface area contributed by atoms with E-state index < -0.39 is 50.6 Å². The summed E-state index contributed by atoms with van der Waals surface area (Å²) in [5, 5.41) is 34.6. The lowest BCUT2D eigenvalue weighted by Crippen LogP contribution is -2.22. The van der Waals surface area contributed by atoms with Gasteiger partial charge in [0.25, 0.3) is 0 Å². The molecule has 0 heterocycles. The van der Waals surface area contributed by atoms with Crippen LogP contribution in [0.1, 0.15) is 0 Å². The zero-order chi connectivity index (χ0) is 14.0. The maximum Gasteiger partial charge on any atom is 0.331 e. The molecule has 0 amide bonds. The molecule has 2 atom stereocenters. The second-order valence-corrected chi connectivity index (χ2v) is 3.27. The van der Waals surface area contributed by atoms with Crippen LogP contribution in [0.2, 0.25) is 0 Å². The molecular weight excluding hydrogens is 248 g/mol. The molecular formula is C10H16O8. The van der Waals surface area contributed by atoms with Crippen LogP contribution in [0.5, 0.6) is 0 Å². The van der Waals surface area contributed by atoms with Crippen molar-refractivity contribution >= 4 is 11.9 Å². The molecule has 0 fully saturated rings. The average Bonchev–Trinajstić information content (AvgIpc) is 2.39. The largest absolute Gasteiger partial charge is 0.460 e. The van der Waals surface area contributed by atoms with Gasteiger partial charge < -0.3 is 29.9 Å². The molecule has 104 valence electrons. The zero-order valence-electron chi connectivity index (χ0n) is 9.56. The summed E-state index contributed by atoms with van der Waals surface area (Å²) >= 11 is 0. The van der Waals surface area contributed by atoms with Gasteiger partial charge in [0, 0.05) is 12.2 Å². The lowest BCUT2D eigenvalue weighted by molar-refractivity contribution is -0.144. The summed E-state index contributed by atoms with van der Waals surface area (Å²) in [6, 6.07) is 0. The van der Waals surface area contributed by atoms with Crippen molar-refractivity contribution in [2.45, 2.75) is 12.2 Å². The van der Waals surface area contributed by atoms with E-state index in [9.17, 15) is 9.59 Å². The summed E-state index contributed by atoms with van der Waals surface area (Å²) in [6.07, 6.45) is -0.793. The maximum atomic E-state index is 11.0. The number of aliphatic hydroxyl groups is 4. The standard InChI is InChI=1S/C10H16O8/c11-3-7(13)5-17-9(15)1-2-10(16)18-6-8(14)4-12/h1-2,7-8,11-14H,3-6H2/b2-1-. The summed E-state index contributed by atoms with van der Waals surface area (Å²) in [5.41, 5.74) is 0. The highest BCUT2D eigenvalue weighted by Gasteiger charge is 2.07. The quantitative estimate of drug-likeness (QED) is 0.275. The Labute approximate surface area is 103 Å². The Morgan fingerprint density at radius 3 is 1.50 bits per heavy atom. The Kier molecular flexibility index (Phi) is 8.76. The Morgan fingerprint density at radius 1 is 0.889 bits per heavy atom. The first-order valence-corrected chi connectivity index (χ1v) is 5.09. The predicted octanol–water partition coefficient (Wildman–Crippen LogP) is -2.66. The number of esters is 2. The topological polar surface area (TPSA) is 134 Å². The van der Waals surface area contributed by atoms with E-state index in [2.05, 4.69) is 9.47 Å². The van der Waals surface area contributed by atoms with Crippen LogP contribution in [0.25, 0.3) is 0 Å². The molecule has 8 heteroatoms. The summed E-state index contributed by atoms with van der Waals surface area (Å²) in [5.74, 6) is -1.77. The van der Waals surface area contributed by atoms with Crippen LogP contribution in [0.15, 0.2) is 12.2 Å². The minimum atomic E-state index is -1.17. The molecule has 0 aliphatic carbocycles. The molecule has 8 nitrogen and oxygen atoms in total. The van der Waals surface area contributed by atoms with Gasteiger partial charge in [0.2, 0.25) is 0 Å². The fourth-order valence-corrected chi connectivity index (χ4v) is 0.694. The molecule has 0 rings (SSSR count). The van der Waals surface area contributed by atoms with E-state index in [1.165, 1.54) is 0 Å². The smallest absolute Gasteiger partial charge is 0.331 e. The van der Waals surface area contributed by atoms with E-state index >= 15 is 0 Å². The van der Waals surface area contributed by atoms with Crippen LogP contribution in [0, 0.1) is 0 Å². The number of hydrogen-bond acceptors (Lipinski definition) is 8. The molecule has 0 saturated carbocycles. The Hall–Kier alpha value is -1.48. The normalized spacial score (nSPS) is 14.2. The number of carbonyl (C=O) groups is 2. The van der Waals surface area contributed by atoms with Gasteiger partial charge in [-0.2, -0.15) is 0 Å². The van der Waals surface area contributed by atoms with E-state index in [0.717, 1.165) is 12.2 Å². The molecule has 4 N–H and O–H groups in total. The highest BCUT2D eigenvalue weighted by molar-refractivity contribution is 5.91. The molecule has 0 bridgehead atoms. The lowest BCUT2D eigenvalue weighted by atomic mass is 10.4. The summed E-state index contributed by atoms with van der Waals surface area (Å²) in [6.45, 7) is -1.87. The maximum absolute atomic E-state index is 11.0. The fourth-order valence-electron chi connectivity index (χ4n) is 0.694. The van der Waals surface area contributed by atoms with Crippen molar-refractivity contribution in [3.8, 4) is 0 Å². The number of aliphatic hydroxyl groups excluding tert-OH is 4. The zero-order valence-corrected chi connectivity index (χ0v) is 9.56. The molecule has 0 aromatic carbocycles. The molecule has 0 spiro atoms. The molecule has 2 unspecified atom stereocenters. The van der Waals surface area contributed by atoms with E-state index in [-0.39, 0.29) is 0 Å². The number of rotatable bonds is 8. The second kappa shape index (κ2) is 9.54. The van der Waals surface area contributed by atoms with Gasteiger partial charge in [-0.3, -0.25) is 0 Å². The molecule has 0 aliphatic heterocycles. The van der Waals surface area contributed by atoms with Gasteiger partial charge in [-0.15, -0.1) is 0 Å². The van der Waals surface area contributed by atoms with Crippen molar-refractivity contribution in [2.75, 3.05) is 26.4 Å². The van der Waals surface area contributed by atoms with Crippen LogP contribution in [0.4, 0.5) is 0 Å². The van der Waals surface area contributed by atoms with Crippen LogP contribution >= 0.6 is 0 Å². The first-order valence-electron chi connectivity index (χ1n) is 5.09. The monoisotopic (exact) mass is 264 g/mol. The summed E-state index contributed by atoms with van der Waals surface area (Å²) in [7, 11) is 0. The predicted molar refractivity (Wildman–Crippen MR) is 57.2 cm³/mol. The molecule has 0 saturated heterocycles. The molecule has 0 aliphatic rings. The number of ether oxygens (including phenoxy) is 2. The number of carbonyl (C=O) groups excluding carboxylic acids is 2. The van der Waals surface area contributed by atoms with E-state index in [1.807, 2.05) is 0 Å². The van der Waals surface area contributed by atoms with Crippen molar-refractivity contribution in [1.29, 1.82) is 0 Å². The third-order valence-corrected chi connectivity index (χ3v) is 1.61. The van der Waals surface area contributed by atoms with Crippen molar-refractivity contribution in [2.24, 2.45) is 0 Å². The minimum Gasteiger partial charge on any atom is -0.460 e. The van der Waals surface area contributed by atoms with Gasteiger partial charge in [0.05, 0.1) is 13.2 Å². The van der Waals surface area contributed by atoms with Gasteiger partial charge in [0.15, 0.2) is 0 Å². The second-order valence-electron chi connectivity index (χ2n) is 3.27. The highest BCUT2D eigenvalue weighted by atomic mass is 16.5. The van der Waals surface area contributed by atoms with Crippen LogP contribution < -0.4 is 0 Å². The van der Waals surface area contributed by atoms with Gasteiger partial charge in [-0.1, -0.05) is 0 Å². The van der Waals surface area contributed by atoms with Crippen LogP contribution in [-0.4, -0.2) is 71.0 Å². The summed E-state index contributed by atoms with van der Waals surface area (Å²) in [4.78, 5) is 21.9. The van der Waals surface area contributed by atoms with E-state index in [1.54, 1.807) is 0 Å². The van der Waals surface area contributed by atoms with Crippen molar-refractivity contribution in [3.05, 3.63) is 12.2 Å². The third kappa shape index (κ3) is 8.65. The first kappa shape index (κ1) is 16.5. The Morgan fingerprint density at radius 2 is 1.22 bits per heavy atom. The number of hydrogen-bond donors (Lipinski definition) is 4. The highest BCUT2D eigenvalue weighted by Crippen LogP contribution is 1.90. The van der Waals surface area contributed by atoms with Gasteiger partial charge in [-0.05, 0) is 0 Å². The SMILES string of the molecule is O=C(/C=C\C(=O)OCC(O)CO)OCC(O)CO. The molecule has 0 radical (unpaired) electrons. The van der Waals surface area contributed by atoms with Gasteiger partial charge in [-0.25, -0.2) is 9.59 Å². The van der Waals surface area contributed by atoms with Crippen LogP contribution in [-0.2, 0) is 19.1 Å². The Bertz CT molecular complexity index is 260. The van der Waals surface area contributed by atoms with E-state index in [4.69, 9.17) is 20.4 Å². The average molecular weight is 264 g/mol. The molecule has 0 aromatic rings. The fraction of sp³-hybridized carbons (Fsp3) is 0.600. The molecule has 0 aromatic heterocycles. The van der Waals surface area contributed by atoms with Crippen molar-refractivity contribution in [3.63, 3.8) is 0 Å². The first-order chi connectivity index (χ1) is 8.49. The van der Waals surface area contributed by atoms with Gasteiger partial charge in [0.1, 0.15) is 25.4 Å². The summed E-state index contributed by atoms with van der Waals surface area (Å²) < 4.78 is 8.92. The molecule has 18 heavy (non-hydrogen) atoms. The lowest BCUT2D eigenvalue weighted by Gasteiger charge is -2.07. The third-order valence-electron chi connectivity index (χ3n) is 1.61. The van der Waals surface area contributed by atoms with Crippen LogP contribution in [0.3, 0.4) is 0 Å². The van der Waals surface area contributed by atoms with Crippen molar-refractivity contribution < 1.29 is 39.5 Å². The Balaban J connectivity index is 3.85. The van der Waals surface area contributed by atoms with Crippen molar-refractivity contribution in [1.82, 2.24) is 0 Å². The van der Waals surface area contributed by atoms with E-state index in [0.29, 0.717) is 0 Å². The van der Waals surface area contributed by atoms with Gasteiger partial charge >= 0.3 is 11.9 Å².